The van der Waals surface area contributed by atoms with Crippen LogP contribution in [-0.4, -0.2) is 53.6 Å². The highest BCUT2D eigenvalue weighted by atomic mass is 16.2. The lowest BCUT2D eigenvalue weighted by molar-refractivity contribution is -0.129. The average molecular weight is 369 g/mol. The third-order valence-electron chi connectivity index (χ3n) is 5.43. The van der Waals surface area contributed by atoms with Crippen molar-refractivity contribution in [3.05, 3.63) is 35.4 Å². The normalized spacial score (nSPS) is 26.4. The summed E-state index contributed by atoms with van der Waals surface area (Å²) in [5.41, 5.74) is 0.915. The number of rotatable bonds is 6. The number of hydrogen-bond donors (Lipinski definition) is 2. The van der Waals surface area contributed by atoms with Crippen molar-refractivity contribution < 1.29 is 19.2 Å². The van der Waals surface area contributed by atoms with Gasteiger partial charge >= 0.3 is 0 Å². The molecule has 27 heavy (non-hydrogen) atoms. The molecule has 0 unspecified atom stereocenters. The van der Waals surface area contributed by atoms with Crippen LogP contribution in [0.15, 0.2) is 24.3 Å². The molecule has 2 fully saturated rings. The van der Waals surface area contributed by atoms with Gasteiger partial charge in [0.05, 0.1) is 18.1 Å². The van der Waals surface area contributed by atoms with E-state index in [-0.39, 0.29) is 36.7 Å². The molecular weight excluding hydrogens is 346 g/mol. The van der Waals surface area contributed by atoms with E-state index in [1.54, 1.807) is 24.3 Å². The van der Waals surface area contributed by atoms with Crippen LogP contribution < -0.4 is 5.32 Å². The van der Waals surface area contributed by atoms with E-state index in [0.717, 1.165) is 12.6 Å². The number of amides is 2. The SMILES string of the molecule is CC(=O)c1ccc(C(=O)N2C[C@@H](C(=O)C=N)[C@H](C(=O)N[C@H]3C[C@@H]3C)C2)cc1. The monoisotopic (exact) mass is 369 g/mol. The highest BCUT2D eigenvalue weighted by Crippen LogP contribution is 2.31. The minimum absolute atomic E-state index is 0.0853. The quantitative estimate of drug-likeness (QED) is 0.582. The number of carbonyl (C=O) groups excluding carboxylic acids is 4. The lowest BCUT2D eigenvalue weighted by atomic mass is 9.91. The number of Topliss-reactive ketones (excluding diaryl/α,β-unsaturated/α-hetero) is 2. The molecule has 3 rings (SSSR count). The van der Waals surface area contributed by atoms with Crippen LogP contribution in [0.3, 0.4) is 0 Å². The van der Waals surface area contributed by atoms with E-state index in [4.69, 9.17) is 5.41 Å². The summed E-state index contributed by atoms with van der Waals surface area (Å²) in [6.07, 6.45) is 1.65. The molecule has 0 spiro atoms. The lowest BCUT2D eigenvalue weighted by Crippen LogP contribution is -2.39. The van der Waals surface area contributed by atoms with Crippen LogP contribution in [0.4, 0.5) is 0 Å². The van der Waals surface area contributed by atoms with Gasteiger partial charge in [-0.3, -0.25) is 19.2 Å². The van der Waals surface area contributed by atoms with E-state index in [0.29, 0.717) is 17.0 Å². The third kappa shape index (κ3) is 3.97. The lowest BCUT2D eigenvalue weighted by Gasteiger charge is -2.16. The van der Waals surface area contributed by atoms with Crippen molar-refractivity contribution in [3.63, 3.8) is 0 Å². The minimum Gasteiger partial charge on any atom is -0.353 e. The van der Waals surface area contributed by atoms with Gasteiger partial charge < -0.3 is 15.6 Å². The van der Waals surface area contributed by atoms with E-state index >= 15 is 0 Å². The molecule has 0 bridgehead atoms. The molecule has 1 saturated carbocycles. The molecule has 1 aromatic rings. The van der Waals surface area contributed by atoms with Gasteiger partial charge in [-0.25, -0.2) is 0 Å². The van der Waals surface area contributed by atoms with E-state index in [1.807, 2.05) is 6.92 Å². The minimum atomic E-state index is -0.697. The van der Waals surface area contributed by atoms with Gasteiger partial charge in [0.15, 0.2) is 11.6 Å². The van der Waals surface area contributed by atoms with E-state index in [1.165, 1.54) is 11.8 Å². The number of nitrogens with zero attached hydrogens (tertiary/aromatic N) is 1. The molecule has 142 valence electrons. The Hall–Kier alpha value is -2.83. The van der Waals surface area contributed by atoms with Crippen molar-refractivity contribution in [2.45, 2.75) is 26.3 Å². The molecule has 1 aliphatic carbocycles. The van der Waals surface area contributed by atoms with Crippen molar-refractivity contribution in [3.8, 4) is 0 Å². The first-order valence-electron chi connectivity index (χ1n) is 9.06. The van der Waals surface area contributed by atoms with E-state index in [9.17, 15) is 19.2 Å². The first kappa shape index (κ1) is 18.9. The topological polar surface area (TPSA) is 107 Å². The van der Waals surface area contributed by atoms with Gasteiger partial charge in [-0.2, -0.15) is 0 Å². The second-order valence-corrected chi connectivity index (χ2v) is 7.43. The molecule has 1 heterocycles. The van der Waals surface area contributed by atoms with Crippen molar-refractivity contribution in [1.29, 1.82) is 5.41 Å². The van der Waals surface area contributed by atoms with Crippen LogP contribution in [0.5, 0.6) is 0 Å². The second-order valence-electron chi connectivity index (χ2n) is 7.43. The summed E-state index contributed by atoms with van der Waals surface area (Å²) in [5.74, 6) is -1.96. The fourth-order valence-corrected chi connectivity index (χ4v) is 3.47. The molecule has 4 atom stereocenters. The highest BCUT2D eigenvalue weighted by Gasteiger charge is 2.45. The van der Waals surface area contributed by atoms with Gasteiger partial charge in [-0.1, -0.05) is 19.1 Å². The Balaban J connectivity index is 1.74. The van der Waals surface area contributed by atoms with Gasteiger partial charge in [0.1, 0.15) is 0 Å². The zero-order chi connectivity index (χ0) is 19.7. The van der Waals surface area contributed by atoms with Crippen molar-refractivity contribution >= 4 is 29.6 Å². The maximum atomic E-state index is 12.8. The zero-order valence-corrected chi connectivity index (χ0v) is 15.4. The number of likely N-dealkylation sites (tertiary alicyclic amines) is 1. The zero-order valence-electron chi connectivity index (χ0n) is 15.4. The predicted octanol–water partition coefficient (Wildman–Crippen LogP) is 1.32. The van der Waals surface area contributed by atoms with Crippen LogP contribution in [0.2, 0.25) is 0 Å². The predicted molar refractivity (Wildman–Crippen MR) is 98.8 cm³/mol. The largest absolute Gasteiger partial charge is 0.353 e. The summed E-state index contributed by atoms with van der Waals surface area (Å²) in [6.45, 7) is 3.75. The Morgan fingerprint density at radius 2 is 1.63 bits per heavy atom. The molecule has 1 aliphatic heterocycles. The third-order valence-corrected chi connectivity index (χ3v) is 5.43. The van der Waals surface area contributed by atoms with E-state index < -0.39 is 17.6 Å². The Labute approximate surface area is 157 Å². The molecule has 2 N–H and O–H groups in total. The first-order valence-corrected chi connectivity index (χ1v) is 9.06. The molecule has 2 aliphatic rings. The summed E-state index contributed by atoms with van der Waals surface area (Å²) in [6, 6.07) is 6.46. The van der Waals surface area contributed by atoms with Crippen LogP contribution in [0, 0.1) is 23.2 Å². The van der Waals surface area contributed by atoms with Gasteiger partial charge in [0, 0.05) is 30.3 Å². The molecule has 7 nitrogen and oxygen atoms in total. The van der Waals surface area contributed by atoms with Crippen molar-refractivity contribution in [1.82, 2.24) is 10.2 Å². The van der Waals surface area contributed by atoms with Crippen LogP contribution >= 0.6 is 0 Å². The Kier molecular flexibility index (Phi) is 5.21. The van der Waals surface area contributed by atoms with Crippen LogP contribution in [0.25, 0.3) is 0 Å². The Bertz CT molecular complexity index is 802. The van der Waals surface area contributed by atoms with E-state index in [2.05, 4.69) is 5.32 Å². The van der Waals surface area contributed by atoms with Gasteiger partial charge in [0.25, 0.3) is 5.91 Å². The number of carbonyl (C=O) groups is 4. The van der Waals surface area contributed by atoms with Crippen LogP contribution in [-0.2, 0) is 9.59 Å². The summed E-state index contributed by atoms with van der Waals surface area (Å²) in [7, 11) is 0. The molecular formula is C20H23N3O4. The van der Waals surface area contributed by atoms with Crippen LogP contribution in [0.1, 0.15) is 41.0 Å². The maximum absolute atomic E-state index is 12.8. The average Bonchev–Trinajstić information content (AvgIpc) is 3.18. The number of benzene rings is 1. The summed E-state index contributed by atoms with van der Waals surface area (Å²) in [4.78, 5) is 50.3. The number of hydrogen-bond acceptors (Lipinski definition) is 5. The molecule has 2 amide bonds. The molecule has 1 aromatic carbocycles. The molecule has 0 radical (unpaired) electrons. The molecule has 0 aromatic heterocycles. The maximum Gasteiger partial charge on any atom is 0.253 e. The summed E-state index contributed by atoms with van der Waals surface area (Å²) >= 11 is 0. The number of ketones is 2. The fraction of sp³-hybridized carbons (Fsp3) is 0.450. The molecule has 7 heteroatoms. The Morgan fingerprint density at radius 3 is 2.15 bits per heavy atom. The summed E-state index contributed by atoms with van der Waals surface area (Å²) < 4.78 is 0. The van der Waals surface area contributed by atoms with Gasteiger partial charge in [0.2, 0.25) is 5.91 Å². The number of nitrogens with one attached hydrogen (secondary N) is 2. The van der Waals surface area contributed by atoms with Gasteiger partial charge in [-0.05, 0) is 31.4 Å². The first-order chi connectivity index (χ1) is 12.8. The highest BCUT2D eigenvalue weighted by molar-refractivity contribution is 6.28. The van der Waals surface area contributed by atoms with Crippen molar-refractivity contribution in [2.75, 3.05) is 13.1 Å². The smallest absolute Gasteiger partial charge is 0.253 e. The van der Waals surface area contributed by atoms with Crippen molar-refractivity contribution in [2.24, 2.45) is 17.8 Å². The van der Waals surface area contributed by atoms with Gasteiger partial charge in [-0.15, -0.1) is 0 Å². The summed E-state index contributed by atoms with van der Waals surface area (Å²) in [5, 5.41) is 10.2. The fourth-order valence-electron chi connectivity index (χ4n) is 3.47. The Morgan fingerprint density at radius 1 is 1.07 bits per heavy atom. The molecule has 1 saturated heterocycles. The second kappa shape index (κ2) is 7.42. The standard InChI is InChI=1S/C20H23N3O4/c1-11-7-17(11)22-19(26)16-10-23(9-15(16)18(25)8-21)20(27)14-5-3-13(4-6-14)12(2)24/h3-6,8,11,15-17,21H,7,9-10H2,1-2H3,(H,22,26)/t11-,15+,16+,17-/m0/s1.